The van der Waals surface area contributed by atoms with Crippen molar-refractivity contribution in [3.63, 3.8) is 0 Å². The highest BCUT2D eigenvalue weighted by Gasteiger charge is 2.37. The summed E-state index contributed by atoms with van der Waals surface area (Å²) in [6.45, 7) is 3.44. The molecule has 0 saturated heterocycles. The first-order chi connectivity index (χ1) is 7.45. The molecule has 1 aromatic heterocycles. The molecular weight excluding hydrogens is 215 g/mol. The third kappa shape index (κ3) is 1.70. The van der Waals surface area contributed by atoms with Crippen molar-refractivity contribution in [3.05, 3.63) is 28.1 Å². The van der Waals surface area contributed by atoms with Gasteiger partial charge in [-0.15, -0.1) is 0 Å². The highest BCUT2D eigenvalue weighted by molar-refractivity contribution is 5.43. The van der Waals surface area contributed by atoms with Gasteiger partial charge in [0.15, 0.2) is 0 Å². The number of aromatic nitrogens is 1. The molecule has 0 fully saturated rings. The maximum Gasteiger partial charge on any atom is 0.433 e. The Morgan fingerprint density at radius 1 is 1.25 bits per heavy atom. The standard InChI is InChI=1S/C12H14F3N/c1-3-8-7(2)11(12(13,14)15)16-10-6-4-5-9(8)10/h3-6H2,1-2H3. The summed E-state index contributed by atoms with van der Waals surface area (Å²) in [7, 11) is 0. The van der Waals surface area contributed by atoms with Gasteiger partial charge >= 0.3 is 6.18 Å². The molecule has 0 amide bonds. The van der Waals surface area contributed by atoms with Crippen molar-refractivity contribution in [1.29, 1.82) is 0 Å². The molecule has 0 N–H and O–H groups in total. The molecule has 4 heteroatoms. The number of halogens is 3. The van der Waals surface area contributed by atoms with Crippen LogP contribution >= 0.6 is 0 Å². The molecule has 16 heavy (non-hydrogen) atoms. The molecule has 1 heterocycles. The zero-order chi connectivity index (χ0) is 11.9. The number of rotatable bonds is 1. The smallest absolute Gasteiger partial charge is 0.248 e. The Kier molecular flexibility index (Phi) is 2.68. The molecule has 0 atom stereocenters. The summed E-state index contributed by atoms with van der Waals surface area (Å²) in [4.78, 5) is 3.81. The first-order valence-corrected chi connectivity index (χ1v) is 5.53. The lowest BCUT2D eigenvalue weighted by Gasteiger charge is -2.16. The number of alkyl halides is 3. The Hall–Kier alpha value is -1.06. The molecule has 0 aliphatic heterocycles. The molecule has 0 radical (unpaired) electrons. The topological polar surface area (TPSA) is 12.9 Å². The second-order valence-corrected chi connectivity index (χ2v) is 4.19. The van der Waals surface area contributed by atoms with Crippen LogP contribution in [0, 0.1) is 6.92 Å². The lowest BCUT2D eigenvalue weighted by molar-refractivity contribution is -0.141. The summed E-state index contributed by atoms with van der Waals surface area (Å²) in [6, 6.07) is 0. The molecule has 1 aliphatic rings. The molecule has 0 aromatic carbocycles. The van der Waals surface area contributed by atoms with Crippen LogP contribution in [0.15, 0.2) is 0 Å². The number of pyridine rings is 1. The number of aryl methyl sites for hydroxylation is 1. The second-order valence-electron chi connectivity index (χ2n) is 4.19. The first-order valence-electron chi connectivity index (χ1n) is 5.53. The van der Waals surface area contributed by atoms with E-state index in [1.165, 1.54) is 6.92 Å². The minimum atomic E-state index is -4.33. The number of fused-ring (bicyclic) bond motifs is 1. The van der Waals surface area contributed by atoms with E-state index in [2.05, 4.69) is 4.98 Å². The highest BCUT2D eigenvalue weighted by Crippen LogP contribution is 2.36. The van der Waals surface area contributed by atoms with Crippen molar-refractivity contribution < 1.29 is 13.2 Å². The van der Waals surface area contributed by atoms with Crippen LogP contribution in [0.2, 0.25) is 0 Å². The SMILES string of the molecule is CCc1c(C)c(C(F)(F)F)nc2c1CCC2. The lowest BCUT2D eigenvalue weighted by atomic mass is 9.98. The van der Waals surface area contributed by atoms with Crippen LogP contribution < -0.4 is 0 Å². The van der Waals surface area contributed by atoms with E-state index in [0.29, 0.717) is 24.1 Å². The minimum absolute atomic E-state index is 0.315. The Morgan fingerprint density at radius 3 is 2.50 bits per heavy atom. The number of hydrogen-bond acceptors (Lipinski definition) is 1. The van der Waals surface area contributed by atoms with Gasteiger partial charge in [-0.1, -0.05) is 6.92 Å². The predicted molar refractivity (Wildman–Crippen MR) is 55.4 cm³/mol. The summed E-state index contributed by atoms with van der Waals surface area (Å²) in [6.07, 6.45) is -1.18. The van der Waals surface area contributed by atoms with Crippen LogP contribution in [0.1, 0.15) is 41.4 Å². The average molecular weight is 229 g/mol. The third-order valence-electron chi connectivity index (χ3n) is 3.23. The first kappa shape index (κ1) is 11.4. The van der Waals surface area contributed by atoms with Crippen LogP contribution in [0.3, 0.4) is 0 Å². The van der Waals surface area contributed by atoms with Gasteiger partial charge < -0.3 is 0 Å². The number of hydrogen-bond donors (Lipinski definition) is 0. The third-order valence-corrected chi connectivity index (χ3v) is 3.23. The molecule has 1 aliphatic carbocycles. The highest BCUT2D eigenvalue weighted by atomic mass is 19.4. The summed E-state index contributed by atoms with van der Waals surface area (Å²) in [5.74, 6) is 0. The largest absolute Gasteiger partial charge is 0.433 e. The van der Waals surface area contributed by atoms with Crippen molar-refractivity contribution >= 4 is 0 Å². The van der Waals surface area contributed by atoms with Crippen LogP contribution in [0.25, 0.3) is 0 Å². The summed E-state index contributed by atoms with van der Waals surface area (Å²) in [5, 5.41) is 0. The van der Waals surface area contributed by atoms with Gasteiger partial charge in [0.2, 0.25) is 0 Å². The van der Waals surface area contributed by atoms with Gasteiger partial charge in [0, 0.05) is 5.69 Å². The van der Waals surface area contributed by atoms with E-state index in [0.717, 1.165) is 24.0 Å². The van der Waals surface area contributed by atoms with E-state index in [9.17, 15) is 13.2 Å². The molecule has 0 unspecified atom stereocenters. The van der Waals surface area contributed by atoms with E-state index in [-0.39, 0.29) is 0 Å². The van der Waals surface area contributed by atoms with Gasteiger partial charge in [0.05, 0.1) is 0 Å². The van der Waals surface area contributed by atoms with E-state index in [4.69, 9.17) is 0 Å². The van der Waals surface area contributed by atoms with Crippen molar-refractivity contribution in [2.75, 3.05) is 0 Å². The molecule has 0 saturated carbocycles. The van der Waals surface area contributed by atoms with Gasteiger partial charge in [0.25, 0.3) is 0 Å². The molecule has 1 aromatic rings. The van der Waals surface area contributed by atoms with Crippen LogP contribution in [-0.4, -0.2) is 4.98 Å². The fourth-order valence-electron chi connectivity index (χ4n) is 2.52. The summed E-state index contributed by atoms with van der Waals surface area (Å²) >= 11 is 0. The van der Waals surface area contributed by atoms with Crippen LogP contribution in [0.4, 0.5) is 13.2 Å². The number of nitrogens with zero attached hydrogens (tertiary/aromatic N) is 1. The summed E-state index contributed by atoms with van der Waals surface area (Å²) in [5.41, 5.74) is 2.21. The van der Waals surface area contributed by atoms with E-state index in [1.807, 2.05) is 6.92 Å². The van der Waals surface area contributed by atoms with Crippen LogP contribution in [0.5, 0.6) is 0 Å². The average Bonchev–Trinajstić information content (AvgIpc) is 2.62. The van der Waals surface area contributed by atoms with Crippen molar-refractivity contribution in [2.45, 2.75) is 45.7 Å². The normalized spacial score (nSPS) is 15.3. The fraction of sp³-hybridized carbons (Fsp3) is 0.583. The Labute approximate surface area is 92.7 Å². The van der Waals surface area contributed by atoms with Gasteiger partial charge in [0.1, 0.15) is 5.69 Å². The van der Waals surface area contributed by atoms with Crippen molar-refractivity contribution in [2.24, 2.45) is 0 Å². The van der Waals surface area contributed by atoms with Gasteiger partial charge in [-0.3, -0.25) is 0 Å². The quantitative estimate of drug-likeness (QED) is 0.718. The van der Waals surface area contributed by atoms with Crippen molar-refractivity contribution in [3.8, 4) is 0 Å². The molecule has 1 nitrogen and oxygen atoms in total. The maximum absolute atomic E-state index is 12.8. The monoisotopic (exact) mass is 229 g/mol. The molecule has 2 rings (SSSR count). The Balaban J connectivity index is 2.66. The fourth-order valence-corrected chi connectivity index (χ4v) is 2.52. The van der Waals surface area contributed by atoms with Crippen LogP contribution in [-0.2, 0) is 25.4 Å². The molecule has 0 bridgehead atoms. The minimum Gasteiger partial charge on any atom is -0.248 e. The van der Waals surface area contributed by atoms with Gasteiger partial charge in [-0.05, 0) is 49.3 Å². The van der Waals surface area contributed by atoms with E-state index < -0.39 is 11.9 Å². The van der Waals surface area contributed by atoms with E-state index in [1.54, 1.807) is 0 Å². The zero-order valence-electron chi connectivity index (χ0n) is 9.41. The predicted octanol–water partition coefficient (Wildman–Crippen LogP) is 3.46. The summed E-state index contributed by atoms with van der Waals surface area (Å²) < 4.78 is 38.3. The van der Waals surface area contributed by atoms with Crippen molar-refractivity contribution in [1.82, 2.24) is 4.98 Å². The van der Waals surface area contributed by atoms with E-state index >= 15 is 0 Å². The van der Waals surface area contributed by atoms with Gasteiger partial charge in [-0.2, -0.15) is 13.2 Å². The molecular formula is C12H14F3N. The maximum atomic E-state index is 12.8. The second kappa shape index (κ2) is 3.75. The molecule has 88 valence electrons. The zero-order valence-corrected chi connectivity index (χ0v) is 9.41. The van der Waals surface area contributed by atoms with Gasteiger partial charge in [-0.25, -0.2) is 4.98 Å². The Bertz CT molecular complexity index is 421. The Morgan fingerprint density at radius 2 is 1.94 bits per heavy atom. The molecule has 0 spiro atoms. The lowest BCUT2D eigenvalue weighted by Crippen LogP contribution is -2.14.